The summed E-state index contributed by atoms with van der Waals surface area (Å²) in [6, 6.07) is 28.9. The number of aromatic nitrogens is 1. The number of hydrogen-bond donors (Lipinski definition) is 1. The van der Waals surface area contributed by atoms with Crippen LogP contribution in [0.15, 0.2) is 78.9 Å². The molecule has 23 heavy (non-hydrogen) atoms. The molecule has 3 aromatic carbocycles. The smallest absolute Gasteiger partial charge is 0.0992 e. The van der Waals surface area contributed by atoms with Crippen LogP contribution in [0.5, 0.6) is 0 Å². The first-order valence-corrected chi connectivity index (χ1v) is 7.52. The Morgan fingerprint density at radius 1 is 0.696 bits per heavy atom. The zero-order valence-electron chi connectivity index (χ0n) is 12.5. The van der Waals surface area contributed by atoms with Crippen molar-refractivity contribution in [1.29, 1.82) is 5.26 Å². The highest BCUT2D eigenvalue weighted by Gasteiger charge is 2.05. The van der Waals surface area contributed by atoms with Crippen molar-refractivity contribution in [3.05, 3.63) is 84.4 Å². The minimum atomic E-state index is 0.672. The van der Waals surface area contributed by atoms with Crippen molar-refractivity contribution in [3.8, 4) is 28.5 Å². The molecule has 4 rings (SSSR count). The van der Waals surface area contributed by atoms with Crippen LogP contribution in [-0.2, 0) is 0 Å². The predicted octanol–water partition coefficient (Wildman–Crippen LogP) is 5.37. The van der Waals surface area contributed by atoms with E-state index in [1.54, 1.807) is 0 Å². The van der Waals surface area contributed by atoms with E-state index in [4.69, 9.17) is 5.26 Å². The molecule has 0 saturated heterocycles. The maximum absolute atomic E-state index is 9.00. The van der Waals surface area contributed by atoms with Crippen LogP contribution in [0.25, 0.3) is 33.3 Å². The minimum Gasteiger partial charge on any atom is -0.354 e. The van der Waals surface area contributed by atoms with Crippen molar-refractivity contribution in [1.82, 2.24) is 4.98 Å². The van der Waals surface area contributed by atoms with Gasteiger partial charge in [-0.3, -0.25) is 0 Å². The fourth-order valence-electron chi connectivity index (χ4n) is 2.82. The van der Waals surface area contributed by atoms with Crippen molar-refractivity contribution in [2.24, 2.45) is 0 Å². The molecule has 0 radical (unpaired) electrons. The van der Waals surface area contributed by atoms with Gasteiger partial charge in [-0.05, 0) is 34.9 Å². The molecular formula is C21H14N2. The Balaban J connectivity index is 1.72. The number of fused-ring (bicyclic) bond motifs is 1. The molecule has 0 bridgehead atoms. The zero-order valence-corrected chi connectivity index (χ0v) is 12.5. The van der Waals surface area contributed by atoms with Gasteiger partial charge in [-0.15, -0.1) is 0 Å². The molecule has 0 spiro atoms. The average molecular weight is 294 g/mol. The molecule has 0 atom stereocenters. The van der Waals surface area contributed by atoms with Crippen molar-refractivity contribution in [2.45, 2.75) is 0 Å². The van der Waals surface area contributed by atoms with Gasteiger partial charge in [0.15, 0.2) is 0 Å². The second kappa shape index (κ2) is 5.47. The van der Waals surface area contributed by atoms with Gasteiger partial charge in [-0.2, -0.15) is 5.26 Å². The molecule has 1 aromatic heterocycles. The second-order valence-electron chi connectivity index (χ2n) is 5.54. The Hall–Kier alpha value is -3.31. The van der Waals surface area contributed by atoms with Crippen molar-refractivity contribution >= 4 is 10.9 Å². The maximum Gasteiger partial charge on any atom is 0.0992 e. The van der Waals surface area contributed by atoms with Gasteiger partial charge >= 0.3 is 0 Å². The summed E-state index contributed by atoms with van der Waals surface area (Å²) in [7, 11) is 0. The summed E-state index contributed by atoms with van der Waals surface area (Å²) in [5.74, 6) is 0. The first-order chi connectivity index (χ1) is 11.3. The first kappa shape index (κ1) is 13.4. The molecular weight excluding hydrogens is 280 g/mol. The molecule has 0 saturated carbocycles. The van der Waals surface area contributed by atoms with E-state index in [0.717, 1.165) is 22.2 Å². The van der Waals surface area contributed by atoms with E-state index in [1.165, 1.54) is 11.1 Å². The number of nitrogens with zero attached hydrogens (tertiary/aromatic N) is 1. The molecule has 2 heteroatoms. The minimum absolute atomic E-state index is 0.672. The van der Waals surface area contributed by atoms with Crippen molar-refractivity contribution in [3.63, 3.8) is 0 Å². The van der Waals surface area contributed by atoms with E-state index in [-0.39, 0.29) is 0 Å². The molecule has 0 amide bonds. The molecule has 0 unspecified atom stereocenters. The number of aromatic amines is 1. The summed E-state index contributed by atoms with van der Waals surface area (Å²) in [5, 5.41) is 10.1. The fourth-order valence-corrected chi connectivity index (χ4v) is 2.82. The van der Waals surface area contributed by atoms with Crippen LogP contribution in [0.1, 0.15) is 5.56 Å². The van der Waals surface area contributed by atoms with Crippen molar-refractivity contribution in [2.75, 3.05) is 0 Å². The lowest BCUT2D eigenvalue weighted by atomic mass is 10.0. The average Bonchev–Trinajstić information content (AvgIpc) is 3.05. The summed E-state index contributed by atoms with van der Waals surface area (Å²) in [6.07, 6.45) is 0. The second-order valence-corrected chi connectivity index (χ2v) is 5.54. The number of benzene rings is 3. The van der Waals surface area contributed by atoms with Gasteiger partial charge in [-0.25, -0.2) is 0 Å². The van der Waals surface area contributed by atoms with Crippen LogP contribution in [0.3, 0.4) is 0 Å². The van der Waals surface area contributed by atoms with Gasteiger partial charge in [0, 0.05) is 16.6 Å². The van der Waals surface area contributed by atoms with Gasteiger partial charge < -0.3 is 4.98 Å². The third-order valence-electron chi connectivity index (χ3n) is 4.05. The Labute approximate surface area is 134 Å². The summed E-state index contributed by atoms with van der Waals surface area (Å²) in [6.45, 7) is 0. The van der Waals surface area contributed by atoms with Crippen LogP contribution in [-0.4, -0.2) is 4.98 Å². The van der Waals surface area contributed by atoms with Gasteiger partial charge in [-0.1, -0.05) is 60.7 Å². The van der Waals surface area contributed by atoms with E-state index >= 15 is 0 Å². The summed E-state index contributed by atoms with van der Waals surface area (Å²) in [5.41, 5.74) is 6.29. The van der Waals surface area contributed by atoms with Gasteiger partial charge in [0.1, 0.15) is 0 Å². The zero-order chi connectivity index (χ0) is 15.6. The Morgan fingerprint density at radius 3 is 2.13 bits per heavy atom. The number of nitrogens with one attached hydrogen (secondary N) is 1. The topological polar surface area (TPSA) is 39.6 Å². The first-order valence-electron chi connectivity index (χ1n) is 7.52. The molecule has 108 valence electrons. The summed E-state index contributed by atoms with van der Waals surface area (Å²) >= 11 is 0. The molecule has 0 aliphatic rings. The van der Waals surface area contributed by atoms with Crippen LogP contribution < -0.4 is 0 Å². The van der Waals surface area contributed by atoms with Gasteiger partial charge in [0.05, 0.1) is 11.6 Å². The molecule has 1 N–H and O–H groups in total. The Bertz CT molecular complexity index is 1000. The standard InChI is InChI=1S/C21H14N2/c22-14-15-6-7-19-13-21(23-20(19)12-15)18-10-8-17(9-11-18)16-4-2-1-3-5-16/h1-13,23H. The Kier molecular flexibility index (Phi) is 3.18. The van der Waals surface area contributed by atoms with E-state index in [0.29, 0.717) is 5.56 Å². The highest BCUT2D eigenvalue weighted by atomic mass is 14.7. The lowest BCUT2D eigenvalue weighted by molar-refractivity contribution is 1.44. The van der Waals surface area contributed by atoms with Crippen LogP contribution in [0.4, 0.5) is 0 Å². The van der Waals surface area contributed by atoms with E-state index in [1.807, 2.05) is 36.4 Å². The maximum atomic E-state index is 9.00. The molecule has 2 nitrogen and oxygen atoms in total. The van der Waals surface area contributed by atoms with E-state index in [9.17, 15) is 0 Å². The monoisotopic (exact) mass is 294 g/mol. The SMILES string of the molecule is N#Cc1ccc2cc(-c3ccc(-c4ccccc4)cc3)[nH]c2c1. The third kappa shape index (κ3) is 2.49. The molecule has 0 aliphatic heterocycles. The summed E-state index contributed by atoms with van der Waals surface area (Å²) in [4.78, 5) is 3.39. The van der Waals surface area contributed by atoms with Gasteiger partial charge in [0.2, 0.25) is 0 Å². The molecule has 4 aromatic rings. The lowest BCUT2D eigenvalue weighted by Gasteiger charge is -2.03. The number of rotatable bonds is 2. The third-order valence-corrected chi connectivity index (χ3v) is 4.05. The van der Waals surface area contributed by atoms with Crippen molar-refractivity contribution < 1.29 is 0 Å². The van der Waals surface area contributed by atoms with E-state index in [2.05, 4.69) is 53.5 Å². The predicted molar refractivity (Wildman–Crippen MR) is 93.9 cm³/mol. The number of nitriles is 1. The normalized spacial score (nSPS) is 10.6. The summed E-state index contributed by atoms with van der Waals surface area (Å²) < 4.78 is 0. The quantitative estimate of drug-likeness (QED) is 0.530. The lowest BCUT2D eigenvalue weighted by Crippen LogP contribution is -1.80. The molecule has 1 heterocycles. The van der Waals surface area contributed by atoms with Crippen LogP contribution in [0, 0.1) is 11.3 Å². The molecule has 0 fully saturated rings. The van der Waals surface area contributed by atoms with Gasteiger partial charge in [0.25, 0.3) is 0 Å². The highest BCUT2D eigenvalue weighted by Crippen LogP contribution is 2.27. The highest BCUT2D eigenvalue weighted by molar-refractivity contribution is 5.87. The number of H-pyrrole nitrogens is 1. The van der Waals surface area contributed by atoms with Crippen LogP contribution in [0.2, 0.25) is 0 Å². The largest absolute Gasteiger partial charge is 0.354 e. The van der Waals surface area contributed by atoms with Crippen LogP contribution >= 0.6 is 0 Å². The Morgan fingerprint density at radius 2 is 1.39 bits per heavy atom. The molecule has 0 aliphatic carbocycles. The number of hydrogen-bond acceptors (Lipinski definition) is 1. The fraction of sp³-hybridized carbons (Fsp3) is 0. The van der Waals surface area contributed by atoms with E-state index < -0.39 is 0 Å².